The number of thiophene rings is 1. The van der Waals surface area contributed by atoms with E-state index in [4.69, 9.17) is 0 Å². The minimum atomic E-state index is -3.67. The molecule has 4 aromatic rings. The number of fused-ring (bicyclic) bond motifs is 1. The average Bonchev–Trinajstić information content (AvgIpc) is 3.27. The maximum absolute atomic E-state index is 12.9. The zero-order chi connectivity index (χ0) is 20.8. The fraction of sp³-hybridized carbons (Fsp3) is 0.190. The van der Waals surface area contributed by atoms with Crippen molar-refractivity contribution in [1.82, 2.24) is 9.55 Å². The van der Waals surface area contributed by atoms with E-state index in [0.29, 0.717) is 9.90 Å². The first-order chi connectivity index (χ1) is 13.8. The topological polar surface area (TPSA) is 67.2 Å². The Kier molecular flexibility index (Phi) is 4.84. The van der Waals surface area contributed by atoms with Crippen molar-refractivity contribution < 1.29 is 8.42 Å². The molecule has 8 heteroatoms. The van der Waals surface area contributed by atoms with Crippen LogP contribution in [0.5, 0.6) is 0 Å². The lowest BCUT2D eigenvalue weighted by molar-refractivity contribution is 0.603. The van der Waals surface area contributed by atoms with Crippen molar-refractivity contribution >= 4 is 43.8 Å². The summed E-state index contributed by atoms with van der Waals surface area (Å²) >= 11 is 1.25. The number of rotatable bonds is 5. The van der Waals surface area contributed by atoms with Gasteiger partial charge in [-0.25, -0.2) is 13.4 Å². The van der Waals surface area contributed by atoms with E-state index in [1.807, 2.05) is 68.0 Å². The Hall–Kier alpha value is -2.84. The van der Waals surface area contributed by atoms with E-state index in [1.54, 1.807) is 18.3 Å². The minimum absolute atomic E-state index is 0.298. The molecular weight excluding hydrogens is 404 g/mol. The van der Waals surface area contributed by atoms with Gasteiger partial charge in [0.15, 0.2) is 0 Å². The van der Waals surface area contributed by atoms with Crippen LogP contribution in [0.15, 0.2) is 59.1 Å². The summed E-state index contributed by atoms with van der Waals surface area (Å²) in [7, 11) is 2.23. The second kappa shape index (κ2) is 7.20. The zero-order valence-corrected chi connectivity index (χ0v) is 18.3. The lowest BCUT2D eigenvalue weighted by Crippen LogP contribution is -2.12. The highest BCUT2D eigenvalue weighted by Crippen LogP contribution is 2.36. The van der Waals surface area contributed by atoms with E-state index >= 15 is 0 Å². The lowest BCUT2D eigenvalue weighted by Gasteiger charge is -2.14. The van der Waals surface area contributed by atoms with Gasteiger partial charge in [0.25, 0.3) is 10.0 Å². The summed E-state index contributed by atoms with van der Waals surface area (Å²) in [6.07, 6.45) is 3.61. The fourth-order valence-corrected chi connectivity index (χ4v) is 5.67. The van der Waals surface area contributed by atoms with Crippen molar-refractivity contribution in [2.45, 2.75) is 11.1 Å². The third-order valence-corrected chi connectivity index (χ3v) is 7.61. The van der Waals surface area contributed by atoms with Crippen LogP contribution in [0.3, 0.4) is 0 Å². The Morgan fingerprint density at radius 2 is 1.93 bits per heavy atom. The Bertz CT molecular complexity index is 1300. The molecular formula is C21H22N4O2S2. The smallest absolute Gasteiger partial charge is 0.271 e. The maximum Gasteiger partial charge on any atom is 0.271 e. The monoisotopic (exact) mass is 426 g/mol. The molecule has 0 atom stereocenters. The third-order valence-electron chi connectivity index (χ3n) is 4.76. The molecule has 0 bridgehead atoms. The normalized spacial score (nSPS) is 11.7. The van der Waals surface area contributed by atoms with Gasteiger partial charge in [0.2, 0.25) is 0 Å². The number of hydrogen-bond donors (Lipinski definition) is 1. The number of aromatic nitrogens is 2. The number of hydrogen-bond acceptors (Lipinski definition) is 5. The van der Waals surface area contributed by atoms with Crippen molar-refractivity contribution in [2.75, 3.05) is 23.7 Å². The number of anilines is 2. The molecule has 0 radical (unpaired) electrons. The van der Waals surface area contributed by atoms with Crippen LogP contribution in [-0.4, -0.2) is 32.1 Å². The van der Waals surface area contributed by atoms with Crippen LogP contribution in [0.1, 0.15) is 4.88 Å². The Balaban J connectivity index is 1.88. The van der Waals surface area contributed by atoms with Crippen molar-refractivity contribution in [1.29, 1.82) is 0 Å². The number of sulfonamides is 1. The van der Waals surface area contributed by atoms with Crippen LogP contribution in [0.4, 0.5) is 11.4 Å². The molecule has 4 rings (SSSR count). The summed E-state index contributed by atoms with van der Waals surface area (Å²) in [5.41, 5.74) is 4.24. The predicted molar refractivity (Wildman–Crippen MR) is 120 cm³/mol. The van der Waals surface area contributed by atoms with Crippen molar-refractivity contribution in [3.63, 3.8) is 0 Å². The first-order valence-corrected chi connectivity index (χ1v) is 11.4. The summed E-state index contributed by atoms with van der Waals surface area (Å²) in [5, 5.41) is 0.780. The van der Waals surface area contributed by atoms with E-state index in [0.717, 1.165) is 32.7 Å². The minimum Gasteiger partial charge on any atom is -0.378 e. The van der Waals surface area contributed by atoms with Crippen molar-refractivity contribution in [2.24, 2.45) is 7.05 Å². The van der Waals surface area contributed by atoms with Crippen molar-refractivity contribution in [3.8, 4) is 11.1 Å². The maximum atomic E-state index is 12.9. The van der Waals surface area contributed by atoms with Gasteiger partial charge in [0, 0.05) is 49.7 Å². The number of pyridine rings is 1. The van der Waals surface area contributed by atoms with E-state index in [9.17, 15) is 8.42 Å². The molecule has 0 amide bonds. The summed E-state index contributed by atoms with van der Waals surface area (Å²) in [6.45, 7) is 1.89. The van der Waals surface area contributed by atoms with E-state index in [1.165, 1.54) is 11.3 Å². The molecule has 0 saturated carbocycles. The van der Waals surface area contributed by atoms with Gasteiger partial charge in [-0.05, 0) is 42.8 Å². The Morgan fingerprint density at radius 1 is 1.14 bits per heavy atom. The Morgan fingerprint density at radius 3 is 2.62 bits per heavy atom. The van der Waals surface area contributed by atoms with Gasteiger partial charge in [-0.2, -0.15) is 0 Å². The van der Waals surface area contributed by atoms with Gasteiger partial charge in [0.05, 0.1) is 11.1 Å². The van der Waals surface area contributed by atoms with E-state index in [2.05, 4.69) is 15.8 Å². The SMILES string of the molecule is Cc1ccc(S(=O)(=O)Nc2ccnc3c2c(-c2cccc(N(C)C)c2)cn3C)s1. The highest BCUT2D eigenvalue weighted by Gasteiger charge is 2.21. The largest absolute Gasteiger partial charge is 0.378 e. The van der Waals surface area contributed by atoms with Gasteiger partial charge >= 0.3 is 0 Å². The summed E-state index contributed by atoms with van der Waals surface area (Å²) in [4.78, 5) is 7.46. The molecule has 3 heterocycles. The summed E-state index contributed by atoms with van der Waals surface area (Å²) in [6, 6.07) is 13.3. The number of nitrogens with zero attached hydrogens (tertiary/aromatic N) is 3. The molecule has 6 nitrogen and oxygen atoms in total. The van der Waals surface area contributed by atoms with Crippen LogP contribution >= 0.6 is 11.3 Å². The molecule has 1 aromatic carbocycles. The first kappa shape index (κ1) is 19.5. The molecule has 0 spiro atoms. The first-order valence-electron chi connectivity index (χ1n) is 9.07. The van der Waals surface area contributed by atoms with Crippen LogP contribution in [0.25, 0.3) is 22.2 Å². The molecule has 29 heavy (non-hydrogen) atoms. The molecule has 0 aliphatic heterocycles. The molecule has 0 aliphatic rings. The Labute approximate surface area is 174 Å². The molecule has 0 unspecified atom stereocenters. The fourth-order valence-electron chi connectivity index (χ4n) is 3.31. The summed E-state index contributed by atoms with van der Waals surface area (Å²) in [5.74, 6) is 0. The van der Waals surface area contributed by atoms with Crippen LogP contribution < -0.4 is 9.62 Å². The van der Waals surface area contributed by atoms with Crippen LogP contribution in [0.2, 0.25) is 0 Å². The second-order valence-electron chi connectivity index (χ2n) is 7.13. The van der Waals surface area contributed by atoms with Gasteiger partial charge in [-0.3, -0.25) is 4.72 Å². The molecule has 150 valence electrons. The molecule has 0 fully saturated rings. The van der Waals surface area contributed by atoms with E-state index in [-0.39, 0.29) is 0 Å². The average molecular weight is 427 g/mol. The molecule has 3 aromatic heterocycles. The molecule has 0 saturated heterocycles. The van der Waals surface area contributed by atoms with E-state index < -0.39 is 10.0 Å². The predicted octanol–water partition coefficient (Wildman–Crippen LogP) is 4.48. The van der Waals surface area contributed by atoms with Gasteiger partial charge in [0.1, 0.15) is 9.86 Å². The zero-order valence-electron chi connectivity index (χ0n) is 16.7. The van der Waals surface area contributed by atoms with Gasteiger partial charge in [-0.15, -0.1) is 11.3 Å². The van der Waals surface area contributed by atoms with Crippen LogP contribution in [0, 0.1) is 6.92 Å². The van der Waals surface area contributed by atoms with Crippen LogP contribution in [-0.2, 0) is 17.1 Å². The highest BCUT2D eigenvalue weighted by molar-refractivity contribution is 7.94. The molecule has 0 aliphatic carbocycles. The number of nitrogens with one attached hydrogen (secondary N) is 1. The number of aryl methyl sites for hydroxylation is 2. The van der Waals surface area contributed by atoms with Gasteiger partial charge in [-0.1, -0.05) is 12.1 Å². The standard InChI is InChI=1S/C21H22N4O2S2/c1-14-8-9-19(28-14)29(26,27)23-18-10-11-22-21-20(18)17(13-25(21)4)15-6-5-7-16(12-15)24(2)3/h5-13H,1-4H3,(H,22,23). The quantitative estimate of drug-likeness (QED) is 0.511. The lowest BCUT2D eigenvalue weighted by atomic mass is 10.0. The summed E-state index contributed by atoms with van der Waals surface area (Å²) < 4.78 is 30.8. The van der Waals surface area contributed by atoms with Crippen molar-refractivity contribution in [3.05, 3.63) is 59.7 Å². The molecule has 1 N–H and O–H groups in total. The number of benzene rings is 1. The third kappa shape index (κ3) is 3.61. The highest BCUT2D eigenvalue weighted by atomic mass is 32.2. The second-order valence-corrected chi connectivity index (χ2v) is 10.3. The van der Waals surface area contributed by atoms with Gasteiger partial charge < -0.3 is 9.47 Å².